The van der Waals surface area contributed by atoms with Gasteiger partial charge >= 0.3 is 0 Å². The number of nitrogens with one attached hydrogen (secondary N) is 2. The first-order valence-electron chi connectivity index (χ1n) is 8.77. The van der Waals surface area contributed by atoms with Crippen molar-refractivity contribution in [1.82, 2.24) is 10.7 Å². The molecule has 0 saturated carbocycles. The van der Waals surface area contributed by atoms with Crippen LogP contribution < -0.4 is 15.5 Å². The van der Waals surface area contributed by atoms with Gasteiger partial charge in [-0.2, -0.15) is 5.10 Å². The minimum absolute atomic E-state index is 0.169. The Labute approximate surface area is 161 Å². The molecule has 0 aliphatic rings. The Bertz CT molecular complexity index is 731. The molecule has 0 fully saturated rings. The molecule has 5 heteroatoms. The maximum absolute atomic E-state index is 5.86. The lowest BCUT2D eigenvalue weighted by Crippen LogP contribution is -2.31. The predicted molar refractivity (Wildman–Crippen MR) is 113 cm³/mol. The van der Waals surface area contributed by atoms with E-state index < -0.39 is 0 Å². The second kappa shape index (κ2) is 9.34. The highest BCUT2D eigenvalue weighted by molar-refractivity contribution is 7.80. The van der Waals surface area contributed by atoms with E-state index in [0.29, 0.717) is 11.7 Å². The van der Waals surface area contributed by atoms with Crippen molar-refractivity contribution in [3.05, 3.63) is 65.2 Å². The van der Waals surface area contributed by atoms with Crippen molar-refractivity contribution in [3.8, 4) is 5.75 Å². The van der Waals surface area contributed by atoms with Crippen LogP contribution >= 0.6 is 12.2 Å². The molecule has 0 radical (unpaired) electrons. The van der Waals surface area contributed by atoms with Gasteiger partial charge in [0.15, 0.2) is 5.11 Å². The van der Waals surface area contributed by atoms with Gasteiger partial charge in [-0.3, -0.25) is 5.43 Å². The molecule has 0 aliphatic carbocycles. The summed E-state index contributed by atoms with van der Waals surface area (Å²) in [6.07, 6.45) is 1.72. The lowest BCUT2D eigenvalue weighted by Gasteiger charge is -2.19. The first-order chi connectivity index (χ1) is 12.4. The highest BCUT2D eigenvalue weighted by atomic mass is 32.1. The number of benzene rings is 2. The summed E-state index contributed by atoms with van der Waals surface area (Å²) in [6.45, 7) is 9.95. The van der Waals surface area contributed by atoms with Crippen molar-refractivity contribution in [1.29, 1.82) is 0 Å². The topological polar surface area (TPSA) is 45.7 Å². The van der Waals surface area contributed by atoms with Gasteiger partial charge in [0.2, 0.25) is 0 Å². The lowest BCUT2D eigenvalue weighted by atomic mass is 9.87. The Morgan fingerprint density at radius 1 is 1.08 bits per heavy atom. The molecule has 0 heterocycles. The van der Waals surface area contributed by atoms with Gasteiger partial charge in [-0.25, -0.2) is 0 Å². The number of ether oxygens (including phenoxy) is 1. The van der Waals surface area contributed by atoms with Crippen LogP contribution in [-0.4, -0.2) is 17.9 Å². The van der Waals surface area contributed by atoms with Gasteiger partial charge in [0.1, 0.15) is 12.4 Å². The molecule has 0 unspecified atom stereocenters. The average Bonchev–Trinajstić information content (AvgIpc) is 2.61. The van der Waals surface area contributed by atoms with Crippen LogP contribution in [0.4, 0.5) is 0 Å². The molecule has 138 valence electrons. The van der Waals surface area contributed by atoms with Gasteiger partial charge in [-0.05, 0) is 65.5 Å². The van der Waals surface area contributed by atoms with Crippen molar-refractivity contribution >= 4 is 23.5 Å². The molecule has 2 N–H and O–H groups in total. The highest BCUT2D eigenvalue weighted by Gasteiger charge is 2.12. The largest absolute Gasteiger partial charge is 0.489 e. The fraction of sp³-hybridized carbons (Fsp3) is 0.333. The second-order valence-corrected chi connectivity index (χ2v) is 7.44. The average molecular weight is 370 g/mol. The molecule has 0 bridgehead atoms. The molecule has 0 aromatic heterocycles. The summed E-state index contributed by atoms with van der Waals surface area (Å²) in [6, 6.07) is 16.4. The number of nitrogens with zero attached hydrogens (tertiary/aromatic N) is 1. The molecule has 26 heavy (non-hydrogen) atoms. The molecule has 0 atom stereocenters. The summed E-state index contributed by atoms with van der Waals surface area (Å²) in [5.74, 6) is 0.832. The lowest BCUT2D eigenvalue weighted by molar-refractivity contribution is 0.306. The summed E-state index contributed by atoms with van der Waals surface area (Å²) in [5.41, 5.74) is 6.39. The van der Waals surface area contributed by atoms with E-state index in [9.17, 15) is 0 Å². The van der Waals surface area contributed by atoms with Gasteiger partial charge in [0, 0.05) is 6.54 Å². The van der Waals surface area contributed by atoms with Crippen molar-refractivity contribution in [2.45, 2.75) is 39.7 Å². The Balaban J connectivity index is 1.85. The normalized spacial score (nSPS) is 11.4. The zero-order valence-electron chi connectivity index (χ0n) is 15.9. The molecular formula is C21H27N3OS. The van der Waals surface area contributed by atoms with Crippen LogP contribution in [0.3, 0.4) is 0 Å². The number of hydrogen-bond acceptors (Lipinski definition) is 3. The second-order valence-electron chi connectivity index (χ2n) is 7.03. The first-order valence-corrected chi connectivity index (χ1v) is 9.18. The van der Waals surface area contributed by atoms with E-state index in [4.69, 9.17) is 17.0 Å². The Kier molecular flexibility index (Phi) is 7.16. The maximum atomic E-state index is 5.86. The van der Waals surface area contributed by atoms with E-state index in [-0.39, 0.29) is 5.41 Å². The standard InChI is InChI=1S/C21H27N3OS/c1-5-22-20(26)24-23-14-16-8-12-19(13-9-16)25-15-17-6-10-18(11-7-17)21(2,3)4/h6-14H,5,15H2,1-4H3,(H2,22,24,26)/b23-14+. The van der Waals surface area contributed by atoms with Gasteiger partial charge in [0.25, 0.3) is 0 Å². The Hall–Kier alpha value is -2.40. The summed E-state index contributed by atoms with van der Waals surface area (Å²) in [7, 11) is 0. The molecular weight excluding hydrogens is 342 g/mol. The van der Waals surface area contributed by atoms with Crippen LogP contribution in [0.2, 0.25) is 0 Å². The Morgan fingerprint density at radius 3 is 2.31 bits per heavy atom. The predicted octanol–water partition coefficient (Wildman–Crippen LogP) is 4.38. The van der Waals surface area contributed by atoms with E-state index >= 15 is 0 Å². The van der Waals surface area contributed by atoms with Crippen LogP contribution in [-0.2, 0) is 12.0 Å². The minimum atomic E-state index is 0.169. The molecule has 4 nitrogen and oxygen atoms in total. The van der Waals surface area contributed by atoms with Crippen molar-refractivity contribution in [2.75, 3.05) is 6.54 Å². The van der Waals surface area contributed by atoms with E-state index in [2.05, 4.69) is 60.9 Å². The van der Waals surface area contributed by atoms with Crippen LogP contribution in [0.5, 0.6) is 5.75 Å². The number of rotatable bonds is 6. The van der Waals surface area contributed by atoms with E-state index in [1.165, 1.54) is 5.56 Å². The van der Waals surface area contributed by atoms with Crippen LogP contribution in [0.15, 0.2) is 53.6 Å². The third-order valence-corrected chi connectivity index (χ3v) is 4.06. The molecule has 2 aromatic rings. The quantitative estimate of drug-likeness (QED) is 0.451. The smallest absolute Gasteiger partial charge is 0.186 e. The summed E-state index contributed by atoms with van der Waals surface area (Å²) in [5, 5.41) is 7.58. The zero-order valence-corrected chi connectivity index (χ0v) is 16.7. The third kappa shape index (κ3) is 6.48. The zero-order chi connectivity index (χ0) is 19.0. The van der Waals surface area contributed by atoms with Gasteiger partial charge in [-0.1, -0.05) is 45.0 Å². The first kappa shape index (κ1) is 19.9. The molecule has 2 rings (SSSR count). The van der Waals surface area contributed by atoms with E-state index in [0.717, 1.165) is 23.4 Å². The fourth-order valence-corrected chi connectivity index (χ4v) is 2.48. The van der Waals surface area contributed by atoms with Crippen LogP contribution in [0.25, 0.3) is 0 Å². The van der Waals surface area contributed by atoms with Gasteiger partial charge < -0.3 is 10.1 Å². The molecule has 0 saturated heterocycles. The highest BCUT2D eigenvalue weighted by Crippen LogP contribution is 2.22. The molecule has 0 spiro atoms. The van der Waals surface area contributed by atoms with Crippen molar-refractivity contribution < 1.29 is 4.74 Å². The summed E-state index contributed by atoms with van der Waals surface area (Å²) in [4.78, 5) is 0. The van der Waals surface area contributed by atoms with Gasteiger partial charge in [0.05, 0.1) is 6.21 Å². The summed E-state index contributed by atoms with van der Waals surface area (Å²) >= 11 is 5.04. The van der Waals surface area contributed by atoms with Crippen molar-refractivity contribution in [3.63, 3.8) is 0 Å². The Morgan fingerprint density at radius 2 is 1.73 bits per heavy atom. The number of hydrogen-bond donors (Lipinski definition) is 2. The number of thiocarbonyl (C=S) groups is 1. The maximum Gasteiger partial charge on any atom is 0.186 e. The van der Waals surface area contributed by atoms with Crippen LogP contribution in [0.1, 0.15) is 44.4 Å². The van der Waals surface area contributed by atoms with E-state index in [1.54, 1.807) is 6.21 Å². The number of hydrazone groups is 1. The van der Waals surface area contributed by atoms with Crippen molar-refractivity contribution in [2.24, 2.45) is 5.10 Å². The third-order valence-electron chi connectivity index (χ3n) is 3.82. The monoisotopic (exact) mass is 369 g/mol. The van der Waals surface area contributed by atoms with Gasteiger partial charge in [-0.15, -0.1) is 0 Å². The molecule has 2 aromatic carbocycles. The minimum Gasteiger partial charge on any atom is -0.489 e. The van der Waals surface area contributed by atoms with E-state index in [1.807, 2.05) is 31.2 Å². The van der Waals surface area contributed by atoms with Crippen LogP contribution in [0, 0.1) is 0 Å². The molecule has 0 aliphatic heterocycles. The SMILES string of the molecule is CCNC(=S)N/N=C/c1ccc(OCc2ccc(C(C)(C)C)cc2)cc1. The molecule has 0 amide bonds. The summed E-state index contributed by atoms with van der Waals surface area (Å²) < 4.78 is 5.86. The fourth-order valence-electron chi connectivity index (χ4n) is 2.28.